The number of piperidine rings is 1. The molecule has 1 aliphatic heterocycles. The van der Waals surface area contributed by atoms with Crippen molar-refractivity contribution in [3.63, 3.8) is 0 Å². The van der Waals surface area contributed by atoms with E-state index in [1.54, 1.807) is 6.07 Å². The fourth-order valence-electron chi connectivity index (χ4n) is 2.77. The Morgan fingerprint density at radius 3 is 2.77 bits per heavy atom. The fourth-order valence-corrected chi connectivity index (χ4v) is 3.41. The fraction of sp³-hybridized carbons (Fsp3) is 0.625. The summed E-state index contributed by atoms with van der Waals surface area (Å²) in [5.74, 6) is 0.855. The van der Waals surface area contributed by atoms with Crippen molar-refractivity contribution in [3.8, 4) is 0 Å². The lowest BCUT2D eigenvalue weighted by Crippen LogP contribution is -2.40. The van der Waals surface area contributed by atoms with Crippen molar-refractivity contribution < 1.29 is 9.59 Å². The minimum absolute atomic E-state index is 0.0541. The van der Waals surface area contributed by atoms with Gasteiger partial charge in [0.1, 0.15) is 0 Å². The SMILES string of the molecule is CNCC1CCN(C(=O)CCCNC(=O)c2ccsc2)CC1. The van der Waals surface area contributed by atoms with Gasteiger partial charge in [0.25, 0.3) is 5.91 Å². The van der Waals surface area contributed by atoms with Crippen molar-refractivity contribution in [1.82, 2.24) is 15.5 Å². The first-order chi connectivity index (χ1) is 10.7. The van der Waals surface area contributed by atoms with Crippen LogP contribution in [-0.2, 0) is 4.79 Å². The Kier molecular flexibility index (Phi) is 6.86. The van der Waals surface area contributed by atoms with Gasteiger partial charge in [-0.25, -0.2) is 0 Å². The number of nitrogens with zero attached hydrogens (tertiary/aromatic N) is 1. The molecule has 2 N–H and O–H groups in total. The molecule has 0 atom stereocenters. The predicted octanol–water partition coefficient (Wildman–Crippen LogP) is 1.72. The summed E-state index contributed by atoms with van der Waals surface area (Å²) in [7, 11) is 1.97. The summed E-state index contributed by atoms with van der Waals surface area (Å²) in [6, 6.07) is 1.81. The highest BCUT2D eigenvalue weighted by Gasteiger charge is 2.21. The van der Waals surface area contributed by atoms with E-state index < -0.39 is 0 Å². The first-order valence-corrected chi connectivity index (χ1v) is 8.87. The molecule has 0 saturated carbocycles. The molecule has 0 unspecified atom stereocenters. The summed E-state index contributed by atoms with van der Waals surface area (Å²) in [5.41, 5.74) is 0.697. The van der Waals surface area contributed by atoms with Crippen LogP contribution >= 0.6 is 11.3 Å². The van der Waals surface area contributed by atoms with Crippen molar-refractivity contribution in [1.29, 1.82) is 0 Å². The molecule has 0 spiro atoms. The molecular formula is C16H25N3O2S. The lowest BCUT2D eigenvalue weighted by Gasteiger charge is -2.32. The van der Waals surface area contributed by atoms with Gasteiger partial charge in [-0.3, -0.25) is 9.59 Å². The third-order valence-corrected chi connectivity index (χ3v) is 4.78. The number of likely N-dealkylation sites (tertiary alicyclic amines) is 1. The van der Waals surface area contributed by atoms with Crippen LogP contribution in [0.4, 0.5) is 0 Å². The minimum atomic E-state index is -0.0541. The van der Waals surface area contributed by atoms with Gasteiger partial charge in [-0.15, -0.1) is 0 Å². The highest BCUT2D eigenvalue weighted by molar-refractivity contribution is 7.08. The summed E-state index contributed by atoms with van der Waals surface area (Å²) in [6.45, 7) is 3.33. The van der Waals surface area contributed by atoms with Gasteiger partial charge in [0.2, 0.25) is 5.91 Å². The second-order valence-electron chi connectivity index (χ2n) is 5.75. The number of hydrogen-bond donors (Lipinski definition) is 2. The lowest BCUT2D eigenvalue weighted by molar-refractivity contribution is -0.132. The smallest absolute Gasteiger partial charge is 0.252 e. The monoisotopic (exact) mass is 323 g/mol. The van der Waals surface area contributed by atoms with E-state index in [9.17, 15) is 9.59 Å². The van der Waals surface area contributed by atoms with E-state index in [0.717, 1.165) is 32.5 Å². The summed E-state index contributed by atoms with van der Waals surface area (Å²) < 4.78 is 0. The van der Waals surface area contributed by atoms with Crippen LogP contribution in [0.15, 0.2) is 16.8 Å². The van der Waals surface area contributed by atoms with Crippen LogP contribution < -0.4 is 10.6 Å². The van der Waals surface area contributed by atoms with E-state index in [4.69, 9.17) is 0 Å². The first kappa shape index (κ1) is 17.0. The zero-order chi connectivity index (χ0) is 15.8. The second kappa shape index (κ2) is 8.90. The minimum Gasteiger partial charge on any atom is -0.352 e. The van der Waals surface area contributed by atoms with Crippen molar-refractivity contribution >= 4 is 23.2 Å². The van der Waals surface area contributed by atoms with Crippen molar-refractivity contribution in [3.05, 3.63) is 22.4 Å². The highest BCUT2D eigenvalue weighted by atomic mass is 32.1. The standard InChI is InChI=1S/C16H25N3O2S/c1-17-11-13-4-8-19(9-5-13)15(20)3-2-7-18-16(21)14-6-10-22-12-14/h6,10,12-13,17H,2-5,7-9,11H2,1H3,(H,18,21). The number of amides is 2. The molecule has 2 heterocycles. The molecule has 1 aromatic rings. The van der Waals surface area contributed by atoms with E-state index >= 15 is 0 Å². The Labute approximate surface area is 136 Å². The van der Waals surface area contributed by atoms with Crippen LogP contribution in [0.1, 0.15) is 36.0 Å². The molecule has 2 amide bonds. The zero-order valence-electron chi connectivity index (χ0n) is 13.1. The molecule has 0 radical (unpaired) electrons. The van der Waals surface area contributed by atoms with Gasteiger partial charge in [0.15, 0.2) is 0 Å². The van der Waals surface area contributed by atoms with Crippen LogP contribution in [0.5, 0.6) is 0 Å². The third-order valence-electron chi connectivity index (χ3n) is 4.10. The Morgan fingerprint density at radius 2 is 2.14 bits per heavy atom. The maximum atomic E-state index is 12.1. The quantitative estimate of drug-likeness (QED) is 0.751. The first-order valence-electron chi connectivity index (χ1n) is 7.93. The van der Waals surface area contributed by atoms with Crippen LogP contribution in [0.25, 0.3) is 0 Å². The van der Waals surface area contributed by atoms with Gasteiger partial charge in [-0.2, -0.15) is 11.3 Å². The molecule has 1 saturated heterocycles. The molecule has 122 valence electrons. The van der Waals surface area contributed by atoms with E-state index in [1.807, 2.05) is 22.7 Å². The summed E-state index contributed by atoms with van der Waals surface area (Å²) >= 11 is 1.51. The van der Waals surface area contributed by atoms with Crippen LogP contribution in [0, 0.1) is 5.92 Å². The number of thiophene rings is 1. The number of carbonyl (C=O) groups is 2. The Morgan fingerprint density at radius 1 is 1.36 bits per heavy atom. The molecule has 0 aromatic carbocycles. The van der Waals surface area contributed by atoms with Crippen molar-refractivity contribution in [2.45, 2.75) is 25.7 Å². The molecule has 1 aliphatic rings. The molecule has 5 nitrogen and oxygen atoms in total. The second-order valence-corrected chi connectivity index (χ2v) is 6.53. The highest BCUT2D eigenvalue weighted by Crippen LogP contribution is 2.17. The Balaban J connectivity index is 1.59. The predicted molar refractivity (Wildman–Crippen MR) is 89.1 cm³/mol. The summed E-state index contributed by atoms with van der Waals surface area (Å²) in [4.78, 5) is 25.8. The Hall–Kier alpha value is -1.40. The van der Waals surface area contributed by atoms with Gasteiger partial charge >= 0.3 is 0 Å². The summed E-state index contributed by atoms with van der Waals surface area (Å²) in [6.07, 6.45) is 3.38. The lowest BCUT2D eigenvalue weighted by atomic mass is 9.96. The number of hydrogen-bond acceptors (Lipinski definition) is 4. The molecule has 0 bridgehead atoms. The van der Waals surface area contributed by atoms with Crippen molar-refractivity contribution in [2.24, 2.45) is 5.92 Å². The van der Waals surface area contributed by atoms with E-state index in [-0.39, 0.29) is 11.8 Å². The van der Waals surface area contributed by atoms with Crippen LogP contribution in [0.2, 0.25) is 0 Å². The normalized spacial score (nSPS) is 15.8. The maximum Gasteiger partial charge on any atom is 0.252 e. The largest absolute Gasteiger partial charge is 0.352 e. The number of carbonyl (C=O) groups excluding carboxylic acids is 2. The molecule has 2 rings (SSSR count). The molecule has 22 heavy (non-hydrogen) atoms. The van der Waals surface area contributed by atoms with E-state index in [2.05, 4.69) is 10.6 Å². The number of nitrogens with one attached hydrogen (secondary N) is 2. The molecule has 0 aliphatic carbocycles. The van der Waals surface area contributed by atoms with Gasteiger partial charge in [-0.1, -0.05) is 0 Å². The number of rotatable bonds is 7. The van der Waals surface area contributed by atoms with Gasteiger partial charge < -0.3 is 15.5 Å². The van der Waals surface area contributed by atoms with Gasteiger partial charge in [-0.05, 0) is 50.2 Å². The average Bonchev–Trinajstić information content (AvgIpc) is 3.06. The topological polar surface area (TPSA) is 61.4 Å². The molecule has 6 heteroatoms. The molecular weight excluding hydrogens is 298 g/mol. The molecule has 1 fully saturated rings. The van der Waals surface area contributed by atoms with Gasteiger partial charge in [0, 0.05) is 37.0 Å². The summed E-state index contributed by atoms with van der Waals surface area (Å²) in [5, 5.41) is 9.77. The van der Waals surface area contributed by atoms with E-state index in [0.29, 0.717) is 30.9 Å². The van der Waals surface area contributed by atoms with E-state index in [1.165, 1.54) is 11.3 Å². The zero-order valence-corrected chi connectivity index (χ0v) is 14.0. The third kappa shape index (κ3) is 5.10. The van der Waals surface area contributed by atoms with Crippen LogP contribution in [0.3, 0.4) is 0 Å². The average molecular weight is 323 g/mol. The van der Waals surface area contributed by atoms with Crippen LogP contribution in [-0.4, -0.2) is 49.9 Å². The van der Waals surface area contributed by atoms with Crippen molar-refractivity contribution in [2.75, 3.05) is 33.2 Å². The van der Waals surface area contributed by atoms with Gasteiger partial charge in [0.05, 0.1) is 0 Å². The maximum absolute atomic E-state index is 12.1. The Bertz CT molecular complexity index is 468. The molecule has 1 aromatic heterocycles.